The van der Waals surface area contributed by atoms with E-state index in [0.29, 0.717) is 16.1 Å². The van der Waals surface area contributed by atoms with Crippen LogP contribution in [0.5, 0.6) is 0 Å². The predicted molar refractivity (Wildman–Crippen MR) is 104 cm³/mol. The molecule has 1 N–H and O–H groups in total. The minimum Gasteiger partial charge on any atom is -0.507 e. The van der Waals surface area contributed by atoms with Gasteiger partial charge in [0.1, 0.15) is 5.76 Å². The highest BCUT2D eigenvalue weighted by molar-refractivity contribution is 6.46. The Balaban J connectivity index is 2.16. The van der Waals surface area contributed by atoms with Crippen molar-refractivity contribution in [3.05, 3.63) is 75.8 Å². The fraction of sp³-hybridized carbons (Fsp3) is 0.238. The van der Waals surface area contributed by atoms with Gasteiger partial charge in [0.2, 0.25) is 0 Å². The Labute approximate surface area is 162 Å². The molecule has 5 nitrogen and oxygen atoms in total. The summed E-state index contributed by atoms with van der Waals surface area (Å²) in [4.78, 5) is 26.8. The first kappa shape index (κ1) is 19.1. The lowest BCUT2D eigenvalue weighted by molar-refractivity contribution is -0.140. The number of ketones is 1. The van der Waals surface area contributed by atoms with Crippen LogP contribution in [-0.2, 0) is 14.3 Å². The average Bonchev–Trinajstić information content (AvgIpc) is 2.91. The summed E-state index contributed by atoms with van der Waals surface area (Å²) in [5.74, 6) is -1.57. The molecule has 2 aromatic rings. The normalized spacial score (nSPS) is 18.9. The molecule has 0 saturated carbocycles. The number of carbonyl (C=O) groups is 2. The number of nitrogens with zero attached hydrogens (tertiary/aromatic N) is 1. The van der Waals surface area contributed by atoms with E-state index in [1.165, 1.54) is 12.0 Å². The van der Waals surface area contributed by atoms with Crippen LogP contribution in [0.2, 0.25) is 5.02 Å². The number of amides is 1. The number of halogens is 1. The zero-order valence-electron chi connectivity index (χ0n) is 15.1. The van der Waals surface area contributed by atoms with Gasteiger partial charge in [0.25, 0.3) is 11.7 Å². The molecule has 27 heavy (non-hydrogen) atoms. The molecule has 1 aliphatic heterocycles. The van der Waals surface area contributed by atoms with Crippen molar-refractivity contribution >= 4 is 29.1 Å². The Morgan fingerprint density at radius 2 is 1.89 bits per heavy atom. The Hall–Kier alpha value is -2.63. The molecule has 0 radical (unpaired) electrons. The van der Waals surface area contributed by atoms with E-state index in [-0.39, 0.29) is 24.5 Å². The molecule has 1 heterocycles. The quantitative estimate of drug-likeness (QED) is 0.484. The summed E-state index contributed by atoms with van der Waals surface area (Å²) in [5, 5.41) is 11.3. The molecular formula is C21H20ClNO4. The van der Waals surface area contributed by atoms with Crippen molar-refractivity contribution < 1.29 is 19.4 Å². The molecule has 0 unspecified atom stereocenters. The fourth-order valence-electron chi connectivity index (χ4n) is 3.19. The lowest BCUT2D eigenvalue weighted by Gasteiger charge is -2.25. The number of hydrogen-bond donors (Lipinski definition) is 1. The van der Waals surface area contributed by atoms with E-state index in [1.54, 1.807) is 36.4 Å². The number of Topliss-reactive ketones (excluding diaryl/α,β-unsaturated/α-hetero) is 1. The van der Waals surface area contributed by atoms with Crippen molar-refractivity contribution in [2.24, 2.45) is 0 Å². The molecule has 0 aromatic heterocycles. The summed E-state index contributed by atoms with van der Waals surface area (Å²) in [6.07, 6.45) is 0. The van der Waals surface area contributed by atoms with E-state index < -0.39 is 17.7 Å². The molecule has 1 amide bonds. The Kier molecular flexibility index (Phi) is 5.63. The van der Waals surface area contributed by atoms with Gasteiger partial charge in [0.15, 0.2) is 0 Å². The standard InChI is InChI=1S/C21H20ClNO4/c1-13-6-8-14(9-7-13)19(24)17-18(15-4-3-5-16(22)12-15)23(10-11-27-2)21(26)20(17)25/h3-9,12,18,24H,10-11H2,1-2H3/t18-/m0/s1. The second-order valence-electron chi connectivity index (χ2n) is 6.41. The Morgan fingerprint density at radius 1 is 1.19 bits per heavy atom. The van der Waals surface area contributed by atoms with Crippen molar-refractivity contribution in [1.29, 1.82) is 0 Å². The molecule has 1 aliphatic rings. The molecule has 1 saturated heterocycles. The van der Waals surface area contributed by atoms with E-state index >= 15 is 0 Å². The van der Waals surface area contributed by atoms with Gasteiger partial charge in [-0.1, -0.05) is 53.6 Å². The number of aryl methyl sites for hydroxylation is 1. The average molecular weight is 386 g/mol. The number of likely N-dealkylation sites (tertiary alicyclic amines) is 1. The first-order valence-corrected chi connectivity index (χ1v) is 8.91. The maximum absolute atomic E-state index is 12.7. The molecule has 1 fully saturated rings. The summed E-state index contributed by atoms with van der Waals surface area (Å²) in [6.45, 7) is 2.43. The van der Waals surface area contributed by atoms with Crippen molar-refractivity contribution in [2.75, 3.05) is 20.3 Å². The second-order valence-corrected chi connectivity index (χ2v) is 6.84. The maximum atomic E-state index is 12.7. The zero-order chi connectivity index (χ0) is 19.6. The number of benzene rings is 2. The monoisotopic (exact) mass is 385 g/mol. The van der Waals surface area contributed by atoms with Gasteiger partial charge >= 0.3 is 0 Å². The number of aliphatic hydroxyl groups is 1. The van der Waals surface area contributed by atoms with Gasteiger partial charge in [0.05, 0.1) is 18.2 Å². The lowest BCUT2D eigenvalue weighted by atomic mass is 9.95. The van der Waals surface area contributed by atoms with Crippen LogP contribution < -0.4 is 0 Å². The third kappa shape index (κ3) is 3.75. The third-order valence-corrected chi connectivity index (χ3v) is 4.80. The third-order valence-electron chi connectivity index (χ3n) is 4.57. The van der Waals surface area contributed by atoms with Gasteiger partial charge in [-0.25, -0.2) is 0 Å². The first-order valence-electron chi connectivity index (χ1n) is 8.54. The van der Waals surface area contributed by atoms with Gasteiger partial charge in [-0.3, -0.25) is 9.59 Å². The number of methoxy groups -OCH3 is 1. The molecule has 140 valence electrons. The van der Waals surface area contributed by atoms with Crippen molar-refractivity contribution in [1.82, 2.24) is 4.90 Å². The van der Waals surface area contributed by atoms with Crippen LogP contribution >= 0.6 is 11.6 Å². The van der Waals surface area contributed by atoms with Crippen LogP contribution in [0, 0.1) is 6.92 Å². The maximum Gasteiger partial charge on any atom is 0.295 e. The van der Waals surface area contributed by atoms with Gasteiger partial charge in [-0.05, 0) is 24.6 Å². The highest BCUT2D eigenvalue weighted by Gasteiger charge is 2.45. The van der Waals surface area contributed by atoms with Crippen LogP contribution in [0.4, 0.5) is 0 Å². The van der Waals surface area contributed by atoms with Crippen LogP contribution in [0.15, 0.2) is 54.1 Å². The minimum atomic E-state index is -0.722. The van der Waals surface area contributed by atoms with Crippen LogP contribution in [0.3, 0.4) is 0 Å². The molecule has 2 aromatic carbocycles. The number of carbonyl (C=O) groups excluding carboxylic acids is 2. The fourth-order valence-corrected chi connectivity index (χ4v) is 3.39. The molecular weight excluding hydrogens is 366 g/mol. The number of ether oxygens (including phenoxy) is 1. The van der Waals surface area contributed by atoms with Gasteiger partial charge in [-0.15, -0.1) is 0 Å². The summed E-state index contributed by atoms with van der Waals surface area (Å²) in [6, 6.07) is 13.3. The lowest BCUT2D eigenvalue weighted by Crippen LogP contribution is -2.32. The van der Waals surface area contributed by atoms with E-state index in [4.69, 9.17) is 16.3 Å². The minimum absolute atomic E-state index is 0.0576. The molecule has 6 heteroatoms. The van der Waals surface area contributed by atoms with Gasteiger partial charge in [0, 0.05) is 24.2 Å². The predicted octanol–water partition coefficient (Wildman–Crippen LogP) is 3.72. The van der Waals surface area contributed by atoms with Crippen LogP contribution in [-0.4, -0.2) is 42.0 Å². The highest BCUT2D eigenvalue weighted by atomic mass is 35.5. The van der Waals surface area contributed by atoms with Gasteiger partial charge in [-0.2, -0.15) is 0 Å². The van der Waals surface area contributed by atoms with E-state index in [2.05, 4.69) is 0 Å². The largest absolute Gasteiger partial charge is 0.507 e. The first-order chi connectivity index (χ1) is 12.9. The second kappa shape index (κ2) is 7.94. The highest BCUT2D eigenvalue weighted by Crippen LogP contribution is 2.39. The topological polar surface area (TPSA) is 66.8 Å². The summed E-state index contributed by atoms with van der Waals surface area (Å²) in [7, 11) is 1.53. The van der Waals surface area contributed by atoms with Crippen molar-refractivity contribution in [3.63, 3.8) is 0 Å². The summed E-state index contributed by atoms with van der Waals surface area (Å²) in [5.41, 5.74) is 2.23. The Morgan fingerprint density at radius 3 is 2.52 bits per heavy atom. The molecule has 3 rings (SSSR count). The SMILES string of the molecule is COCCN1C(=O)C(=O)C(=C(O)c2ccc(C)cc2)[C@@H]1c1cccc(Cl)c1. The Bertz CT molecular complexity index is 905. The number of rotatable bonds is 5. The molecule has 0 aliphatic carbocycles. The van der Waals surface area contributed by atoms with Crippen molar-refractivity contribution in [2.45, 2.75) is 13.0 Å². The number of hydrogen-bond acceptors (Lipinski definition) is 4. The van der Waals surface area contributed by atoms with E-state index in [9.17, 15) is 14.7 Å². The summed E-state index contributed by atoms with van der Waals surface area (Å²) >= 11 is 6.12. The zero-order valence-corrected chi connectivity index (χ0v) is 15.9. The smallest absolute Gasteiger partial charge is 0.295 e. The molecule has 0 spiro atoms. The van der Waals surface area contributed by atoms with Crippen molar-refractivity contribution in [3.8, 4) is 0 Å². The summed E-state index contributed by atoms with van der Waals surface area (Å²) < 4.78 is 5.08. The molecule has 1 atom stereocenters. The van der Waals surface area contributed by atoms with Gasteiger partial charge < -0.3 is 14.7 Å². The molecule has 0 bridgehead atoms. The van der Waals surface area contributed by atoms with Crippen LogP contribution in [0.25, 0.3) is 5.76 Å². The number of aliphatic hydroxyl groups excluding tert-OH is 1. The van der Waals surface area contributed by atoms with E-state index in [0.717, 1.165) is 5.56 Å². The van der Waals surface area contributed by atoms with E-state index in [1.807, 2.05) is 19.1 Å². The van der Waals surface area contributed by atoms with Crippen LogP contribution in [0.1, 0.15) is 22.7 Å².